The van der Waals surface area contributed by atoms with Crippen molar-refractivity contribution >= 4 is 28.8 Å². The lowest BCUT2D eigenvalue weighted by atomic mass is 10.0. The van der Waals surface area contributed by atoms with E-state index in [-0.39, 0.29) is 6.54 Å². The Labute approximate surface area is 181 Å². The predicted octanol–water partition coefficient (Wildman–Crippen LogP) is 3.40. The van der Waals surface area contributed by atoms with Crippen LogP contribution in [0.4, 0.5) is 0 Å². The number of hydrogen-bond donors (Lipinski definition) is 2. The molecule has 0 aliphatic heterocycles. The highest BCUT2D eigenvalue weighted by Crippen LogP contribution is 2.26. The third kappa shape index (κ3) is 5.82. The van der Waals surface area contributed by atoms with Crippen LogP contribution >= 0.6 is 0 Å². The Morgan fingerprint density at radius 2 is 1.77 bits per heavy atom. The summed E-state index contributed by atoms with van der Waals surface area (Å²) in [5, 5.41) is 8.51. The van der Waals surface area contributed by atoms with Crippen LogP contribution in [0.3, 0.4) is 0 Å². The maximum atomic E-state index is 12.1. The summed E-state index contributed by atoms with van der Waals surface area (Å²) in [6.07, 6.45) is 2.37. The number of amides is 2. The van der Waals surface area contributed by atoms with Gasteiger partial charge in [-0.15, -0.1) is 0 Å². The zero-order valence-electron chi connectivity index (χ0n) is 17.6. The van der Waals surface area contributed by atoms with Crippen LogP contribution in [0.25, 0.3) is 10.8 Å². The van der Waals surface area contributed by atoms with Gasteiger partial charge in [0.2, 0.25) is 0 Å². The number of ether oxygens (including phenoxy) is 2. The Bertz CT molecular complexity index is 1080. The molecule has 3 aromatic carbocycles. The Morgan fingerprint density at radius 1 is 1.00 bits per heavy atom. The van der Waals surface area contributed by atoms with E-state index in [2.05, 4.69) is 15.8 Å². The van der Waals surface area contributed by atoms with Crippen LogP contribution in [-0.4, -0.2) is 31.7 Å². The minimum absolute atomic E-state index is 0.221. The van der Waals surface area contributed by atoms with Crippen LogP contribution in [0.5, 0.6) is 11.5 Å². The third-order valence-corrected chi connectivity index (χ3v) is 4.57. The highest BCUT2D eigenvalue weighted by Gasteiger charge is 2.13. The molecule has 0 heterocycles. The van der Waals surface area contributed by atoms with Gasteiger partial charge in [-0.1, -0.05) is 49.4 Å². The average Bonchev–Trinajstić information content (AvgIpc) is 2.81. The van der Waals surface area contributed by atoms with Crippen LogP contribution in [-0.2, 0) is 16.1 Å². The van der Waals surface area contributed by atoms with E-state index >= 15 is 0 Å². The first-order chi connectivity index (χ1) is 15.1. The summed E-state index contributed by atoms with van der Waals surface area (Å²) >= 11 is 0. The highest BCUT2D eigenvalue weighted by atomic mass is 16.5. The quantitative estimate of drug-likeness (QED) is 0.333. The number of hydrogen-bond acceptors (Lipinski definition) is 5. The Hall–Kier alpha value is -3.87. The summed E-state index contributed by atoms with van der Waals surface area (Å²) in [7, 11) is 1.58. The van der Waals surface area contributed by atoms with Gasteiger partial charge in [0.15, 0.2) is 0 Å². The predicted molar refractivity (Wildman–Crippen MR) is 120 cm³/mol. The van der Waals surface area contributed by atoms with Crippen LogP contribution in [0.1, 0.15) is 24.5 Å². The molecular weight excluding hydrogens is 394 g/mol. The van der Waals surface area contributed by atoms with Crippen molar-refractivity contribution in [2.45, 2.75) is 19.9 Å². The number of hydrazone groups is 1. The van der Waals surface area contributed by atoms with E-state index in [1.165, 1.54) is 6.21 Å². The number of nitrogens with one attached hydrogen (secondary N) is 2. The number of carbonyl (C=O) groups is 2. The van der Waals surface area contributed by atoms with Gasteiger partial charge in [-0.05, 0) is 41.0 Å². The van der Waals surface area contributed by atoms with Gasteiger partial charge in [-0.3, -0.25) is 9.59 Å². The van der Waals surface area contributed by atoms with Gasteiger partial charge in [0.05, 0.1) is 19.9 Å². The van der Waals surface area contributed by atoms with Crippen LogP contribution < -0.4 is 20.2 Å². The smallest absolute Gasteiger partial charge is 0.329 e. The molecule has 0 radical (unpaired) electrons. The summed E-state index contributed by atoms with van der Waals surface area (Å²) in [4.78, 5) is 24.1. The molecule has 3 rings (SSSR count). The summed E-state index contributed by atoms with van der Waals surface area (Å²) in [5.74, 6) is -0.227. The molecule has 3 aromatic rings. The van der Waals surface area contributed by atoms with Gasteiger partial charge in [0, 0.05) is 12.1 Å². The van der Waals surface area contributed by atoms with E-state index < -0.39 is 11.8 Å². The van der Waals surface area contributed by atoms with Gasteiger partial charge in [0.1, 0.15) is 11.5 Å². The summed E-state index contributed by atoms with van der Waals surface area (Å²) in [6.45, 7) is 2.82. The number of carbonyl (C=O) groups excluding carboxylic acids is 2. The van der Waals surface area contributed by atoms with E-state index in [9.17, 15) is 9.59 Å². The highest BCUT2D eigenvalue weighted by molar-refractivity contribution is 6.35. The van der Waals surface area contributed by atoms with Gasteiger partial charge in [-0.2, -0.15) is 5.10 Å². The molecule has 7 heteroatoms. The normalized spacial score (nSPS) is 10.8. The number of methoxy groups -OCH3 is 1. The van der Waals surface area contributed by atoms with E-state index in [0.717, 1.165) is 34.1 Å². The number of nitrogens with zero attached hydrogens (tertiary/aromatic N) is 1. The summed E-state index contributed by atoms with van der Waals surface area (Å²) < 4.78 is 10.9. The Balaban J connectivity index is 1.64. The first kappa shape index (κ1) is 21.8. The van der Waals surface area contributed by atoms with Crippen molar-refractivity contribution in [3.63, 3.8) is 0 Å². The maximum Gasteiger partial charge on any atom is 0.329 e. The molecule has 0 fully saturated rings. The van der Waals surface area contributed by atoms with E-state index in [4.69, 9.17) is 9.47 Å². The first-order valence-electron chi connectivity index (χ1n) is 10.0. The van der Waals surface area contributed by atoms with Crippen LogP contribution in [0.2, 0.25) is 0 Å². The molecule has 0 bridgehead atoms. The molecule has 0 aliphatic carbocycles. The molecule has 0 spiro atoms. The minimum Gasteiger partial charge on any atom is -0.497 e. The van der Waals surface area contributed by atoms with Crippen LogP contribution in [0, 0.1) is 0 Å². The number of benzene rings is 3. The fraction of sp³-hybridized carbons (Fsp3) is 0.208. The van der Waals surface area contributed by atoms with Gasteiger partial charge >= 0.3 is 11.8 Å². The van der Waals surface area contributed by atoms with Gasteiger partial charge < -0.3 is 14.8 Å². The molecule has 160 valence electrons. The van der Waals surface area contributed by atoms with E-state index in [1.54, 1.807) is 19.2 Å². The van der Waals surface area contributed by atoms with E-state index in [1.807, 2.05) is 55.5 Å². The molecule has 0 aromatic heterocycles. The molecular formula is C24H25N3O4. The molecule has 31 heavy (non-hydrogen) atoms. The second-order valence-electron chi connectivity index (χ2n) is 6.78. The molecule has 0 unspecified atom stereocenters. The molecule has 0 atom stereocenters. The topological polar surface area (TPSA) is 89.0 Å². The number of fused-ring (bicyclic) bond motifs is 1. The molecule has 2 amide bonds. The lowest BCUT2D eigenvalue weighted by molar-refractivity contribution is -0.139. The van der Waals surface area contributed by atoms with Crippen molar-refractivity contribution < 1.29 is 19.1 Å². The van der Waals surface area contributed by atoms with Crippen molar-refractivity contribution in [2.75, 3.05) is 13.7 Å². The molecule has 0 saturated carbocycles. The first-order valence-corrected chi connectivity index (χ1v) is 10.0. The van der Waals surface area contributed by atoms with Crippen molar-refractivity contribution in [1.82, 2.24) is 10.7 Å². The SMILES string of the molecule is CCCOc1ccc2ccccc2c1/C=N\NC(=O)C(=O)NCc1ccc(OC)cc1. The van der Waals surface area contributed by atoms with Crippen molar-refractivity contribution in [3.05, 3.63) is 71.8 Å². The largest absolute Gasteiger partial charge is 0.497 e. The second-order valence-corrected chi connectivity index (χ2v) is 6.78. The lowest BCUT2D eigenvalue weighted by Gasteiger charge is -2.11. The van der Waals surface area contributed by atoms with Crippen molar-refractivity contribution in [2.24, 2.45) is 5.10 Å². The third-order valence-electron chi connectivity index (χ3n) is 4.57. The molecule has 7 nitrogen and oxygen atoms in total. The van der Waals surface area contributed by atoms with Crippen LogP contribution in [0.15, 0.2) is 65.8 Å². The number of rotatable bonds is 8. The average molecular weight is 419 g/mol. The standard InChI is InChI=1S/C24H25N3O4/c1-3-14-31-22-13-10-18-6-4-5-7-20(18)21(22)16-26-27-24(29)23(28)25-15-17-8-11-19(30-2)12-9-17/h4-13,16H,3,14-15H2,1-2H3,(H,25,28)(H,27,29)/b26-16-. The van der Waals surface area contributed by atoms with Crippen molar-refractivity contribution in [1.29, 1.82) is 0 Å². The fourth-order valence-electron chi connectivity index (χ4n) is 2.96. The maximum absolute atomic E-state index is 12.1. The lowest BCUT2D eigenvalue weighted by Crippen LogP contribution is -2.37. The minimum atomic E-state index is -0.846. The zero-order chi connectivity index (χ0) is 22.1. The second kappa shape index (κ2) is 10.8. The molecule has 0 saturated heterocycles. The monoisotopic (exact) mass is 419 g/mol. The van der Waals surface area contributed by atoms with E-state index in [0.29, 0.717) is 12.4 Å². The molecule has 0 aliphatic rings. The molecule has 2 N–H and O–H groups in total. The fourth-order valence-corrected chi connectivity index (χ4v) is 2.96. The van der Waals surface area contributed by atoms with Gasteiger partial charge in [0.25, 0.3) is 0 Å². The van der Waals surface area contributed by atoms with Gasteiger partial charge in [-0.25, -0.2) is 5.43 Å². The summed E-state index contributed by atoms with van der Waals surface area (Å²) in [6, 6.07) is 18.9. The van der Waals surface area contributed by atoms with Crippen molar-refractivity contribution in [3.8, 4) is 11.5 Å². The summed E-state index contributed by atoms with van der Waals surface area (Å²) in [5.41, 5.74) is 3.86. The Kier molecular flexibility index (Phi) is 7.59. The Morgan fingerprint density at radius 3 is 2.52 bits per heavy atom. The zero-order valence-corrected chi connectivity index (χ0v) is 17.6.